The van der Waals surface area contributed by atoms with Crippen molar-refractivity contribution in [3.05, 3.63) is 30.1 Å². The third-order valence-corrected chi connectivity index (χ3v) is 3.60. The minimum absolute atomic E-state index is 0.688. The van der Waals surface area contributed by atoms with Gasteiger partial charge in [0.05, 0.1) is 6.20 Å². The summed E-state index contributed by atoms with van der Waals surface area (Å²) in [6.07, 6.45) is 6.57. The highest BCUT2D eigenvalue weighted by Gasteiger charge is 2.15. The number of pyridine rings is 1. The van der Waals surface area contributed by atoms with Crippen LogP contribution in [0.5, 0.6) is 0 Å². The van der Waals surface area contributed by atoms with Gasteiger partial charge in [-0.2, -0.15) is 0 Å². The van der Waals surface area contributed by atoms with Crippen LogP contribution in [0.1, 0.15) is 24.3 Å². The fourth-order valence-electron chi connectivity index (χ4n) is 2.58. The summed E-state index contributed by atoms with van der Waals surface area (Å²) < 4.78 is 2.14. The van der Waals surface area contributed by atoms with Crippen molar-refractivity contribution in [1.82, 2.24) is 14.7 Å². The first kappa shape index (κ1) is 10.6. The predicted octanol–water partition coefficient (Wildman–Crippen LogP) is 1.84. The molecule has 0 unspecified atom stereocenters. The van der Waals surface area contributed by atoms with Gasteiger partial charge in [-0.15, -0.1) is 0 Å². The zero-order valence-corrected chi connectivity index (χ0v) is 10.1. The molecule has 1 aliphatic heterocycles. The zero-order valence-electron chi connectivity index (χ0n) is 10.1. The molecule has 1 fully saturated rings. The highest BCUT2D eigenvalue weighted by molar-refractivity contribution is 5.51. The maximum absolute atomic E-state index is 4.36. The maximum atomic E-state index is 4.36. The molecule has 17 heavy (non-hydrogen) atoms. The molecule has 4 heteroatoms. The van der Waals surface area contributed by atoms with Gasteiger partial charge >= 0.3 is 0 Å². The Bertz CT molecular complexity index is 511. The summed E-state index contributed by atoms with van der Waals surface area (Å²) >= 11 is 0. The quantitative estimate of drug-likeness (QED) is 0.827. The molecular weight excluding hydrogens is 212 g/mol. The van der Waals surface area contributed by atoms with Gasteiger partial charge in [0.1, 0.15) is 11.5 Å². The molecule has 0 aromatic carbocycles. The van der Waals surface area contributed by atoms with Gasteiger partial charge in [0.2, 0.25) is 0 Å². The van der Waals surface area contributed by atoms with E-state index in [1.807, 2.05) is 13.2 Å². The standard InChI is InChI=1S/C13H18N4/c1-14-13-8-16-12-3-2-11(9-17(12)13)10-4-6-15-7-5-10/h2-3,8-10,14-15H,4-7H2,1H3. The molecule has 2 aromatic heterocycles. The van der Waals surface area contributed by atoms with Gasteiger partial charge in [0.25, 0.3) is 0 Å². The SMILES string of the molecule is CNc1cnc2ccc(C3CCNCC3)cn12. The fourth-order valence-corrected chi connectivity index (χ4v) is 2.58. The molecule has 0 aliphatic carbocycles. The summed E-state index contributed by atoms with van der Waals surface area (Å²) in [5.41, 5.74) is 2.43. The Morgan fingerprint density at radius 3 is 2.94 bits per heavy atom. The summed E-state index contributed by atoms with van der Waals surface area (Å²) in [6, 6.07) is 4.33. The number of imidazole rings is 1. The van der Waals surface area contributed by atoms with Crippen LogP contribution in [0.25, 0.3) is 5.65 Å². The number of aromatic nitrogens is 2. The van der Waals surface area contributed by atoms with Crippen LogP contribution in [0.2, 0.25) is 0 Å². The van der Waals surface area contributed by atoms with E-state index in [4.69, 9.17) is 0 Å². The number of fused-ring (bicyclic) bond motifs is 1. The monoisotopic (exact) mass is 230 g/mol. The van der Waals surface area contributed by atoms with Crippen LogP contribution in [0, 0.1) is 0 Å². The minimum atomic E-state index is 0.688. The van der Waals surface area contributed by atoms with Gasteiger partial charge in [0, 0.05) is 13.2 Å². The van der Waals surface area contributed by atoms with Gasteiger partial charge in [-0.3, -0.25) is 4.40 Å². The molecule has 3 heterocycles. The molecule has 3 rings (SSSR count). The molecule has 0 atom stereocenters. The Morgan fingerprint density at radius 1 is 1.35 bits per heavy atom. The van der Waals surface area contributed by atoms with E-state index in [1.54, 1.807) is 0 Å². The Morgan fingerprint density at radius 2 is 2.18 bits per heavy atom. The van der Waals surface area contributed by atoms with E-state index in [0.29, 0.717) is 5.92 Å². The lowest BCUT2D eigenvalue weighted by Crippen LogP contribution is -2.26. The van der Waals surface area contributed by atoms with Crippen LogP contribution in [0.3, 0.4) is 0 Å². The third kappa shape index (κ3) is 1.89. The van der Waals surface area contributed by atoms with E-state index < -0.39 is 0 Å². The van der Waals surface area contributed by atoms with E-state index in [-0.39, 0.29) is 0 Å². The average molecular weight is 230 g/mol. The summed E-state index contributed by atoms with van der Waals surface area (Å²) in [5.74, 6) is 1.74. The Labute approximate surface area is 101 Å². The number of piperidine rings is 1. The van der Waals surface area contributed by atoms with Crippen LogP contribution in [-0.2, 0) is 0 Å². The van der Waals surface area contributed by atoms with E-state index in [2.05, 4.69) is 38.3 Å². The smallest absolute Gasteiger partial charge is 0.138 e. The predicted molar refractivity (Wildman–Crippen MR) is 69.6 cm³/mol. The summed E-state index contributed by atoms with van der Waals surface area (Å²) in [5, 5.41) is 6.58. The topological polar surface area (TPSA) is 41.4 Å². The first-order valence-corrected chi connectivity index (χ1v) is 6.24. The molecule has 0 amide bonds. The molecule has 1 saturated heterocycles. The molecule has 2 aromatic rings. The largest absolute Gasteiger partial charge is 0.373 e. The number of rotatable bonds is 2. The van der Waals surface area contributed by atoms with Crippen LogP contribution >= 0.6 is 0 Å². The minimum Gasteiger partial charge on any atom is -0.373 e. The molecular formula is C13H18N4. The fraction of sp³-hybridized carbons (Fsp3) is 0.462. The highest BCUT2D eigenvalue weighted by Crippen LogP contribution is 2.26. The Hall–Kier alpha value is -1.55. The Balaban J connectivity index is 1.99. The van der Waals surface area contributed by atoms with Gasteiger partial charge in [-0.05, 0) is 43.5 Å². The lowest BCUT2D eigenvalue weighted by Gasteiger charge is -2.23. The summed E-state index contributed by atoms with van der Waals surface area (Å²) in [6.45, 7) is 2.26. The number of hydrogen-bond acceptors (Lipinski definition) is 3. The van der Waals surface area contributed by atoms with Gasteiger partial charge < -0.3 is 10.6 Å². The molecule has 0 radical (unpaired) electrons. The first-order valence-electron chi connectivity index (χ1n) is 6.24. The molecule has 90 valence electrons. The number of nitrogens with zero attached hydrogens (tertiary/aromatic N) is 2. The highest BCUT2D eigenvalue weighted by atomic mass is 15.1. The number of anilines is 1. The lowest BCUT2D eigenvalue weighted by atomic mass is 9.91. The summed E-state index contributed by atoms with van der Waals surface area (Å²) in [7, 11) is 1.93. The van der Waals surface area contributed by atoms with E-state index in [0.717, 1.165) is 24.6 Å². The van der Waals surface area contributed by atoms with Gasteiger partial charge in [0.15, 0.2) is 0 Å². The van der Waals surface area contributed by atoms with Crippen molar-refractivity contribution in [2.45, 2.75) is 18.8 Å². The van der Waals surface area contributed by atoms with Crippen molar-refractivity contribution in [1.29, 1.82) is 0 Å². The third-order valence-electron chi connectivity index (χ3n) is 3.60. The number of hydrogen-bond donors (Lipinski definition) is 2. The van der Waals surface area contributed by atoms with E-state index in [9.17, 15) is 0 Å². The second-order valence-corrected chi connectivity index (χ2v) is 4.61. The van der Waals surface area contributed by atoms with E-state index >= 15 is 0 Å². The number of nitrogens with one attached hydrogen (secondary N) is 2. The van der Waals surface area contributed by atoms with Crippen LogP contribution in [0.4, 0.5) is 5.82 Å². The molecule has 2 N–H and O–H groups in total. The first-order chi connectivity index (χ1) is 8.38. The molecule has 4 nitrogen and oxygen atoms in total. The average Bonchev–Trinajstić information content (AvgIpc) is 2.81. The van der Waals surface area contributed by atoms with Crippen molar-refractivity contribution in [3.63, 3.8) is 0 Å². The second kappa shape index (κ2) is 4.37. The van der Waals surface area contributed by atoms with E-state index in [1.165, 1.54) is 18.4 Å². The van der Waals surface area contributed by atoms with Gasteiger partial charge in [-0.25, -0.2) is 4.98 Å². The van der Waals surface area contributed by atoms with Crippen molar-refractivity contribution in [2.24, 2.45) is 0 Å². The summed E-state index contributed by atoms with van der Waals surface area (Å²) in [4.78, 5) is 4.36. The normalized spacial score (nSPS) is 17.5. The lowest BCUT2D eigenvalue weighted by molar-refractivity contribution is 0.459. The second-order valence-electron chi connectivity index (χ2n) is 4.61. The van der Waals surface area contributed by atoms with Crippen molar-refractivity contribution in [3.8, 4) is 0 Å². The van der Waals surface area contributed by atoms with Gasteiger partial charge in [-0.1, -0.05) is 6.07 Å². The molecule has 0 spiro atoms. The molecule has 1 aliphatic rings. The molecule has 0 saturated carbocycles. The van der Waals surface area contributed by atoms with Crippen molar-refractivity contribution in [2.75, 3.05) is 25.5 Å². The van der Waals surface area contributed by atoms with Crippen molar-refractivity contribution < 1.29 is 0 Å². The maximum Gasteiger partial charge on any atom is 0.138 e. The van der Waals surface area contributed by atoms with Crippen LogP contribution in [-0.4, -0.2) is 29.5 Å². The van der Waals surface area contributed by atoms with Crippen molar-refractivity contribution >= 4 is 11.5 Å². The molecule has 0 bridgehead atoms. The zero-order chi connectivity index (χ0) is 11.7. The van der Waals surface area contributed by atoms with Crippen LogP contribution < -0.4 is 10.6 Å². The van der Waals surface area contributed by atoms with Crippen LogP contribution in [0.15, 0.2) is 24.5 Å². The Kier molecular flexibility index (Phi) is 2.73.